The third-order valence-corrected chi connectivity index (χ3v) is 2.91. The molecule has 1 rings (SSSR count). The van der Waals surface area contributed by atoms with Gasteiger partial charge in [0.05, 0.1) is 11.7 Å². The zero-order valence-electron chi connectivity index (χ0n) is 11.1. The van der Waals surface area contributed by atoms with Crippen LogP contribution in [0.2, 0.25) is 0 Å². The molecule has 1 aromatic carbocycles. The molecule has 0 aromatic heterocycles. The fraction of sp³-hybridized carbons (Fsp3) is 0.400. The smallest absolute Gasteiger partial charge is 0.336 e. The first-order valence-electron chi connectivity index (χ1n) is 6.06. The van der Waals surface area contributed by atoms with Crippen LogP contribution in [0.5, 0.6) is 0 Å². The second-order valence-electron chi connectivity index (χ2n) is 4.37. The van der Waals surface area contributed by atoms with Crippen molar-refractivity contribution in [3.8, 4) is 0 Å². The molecule has 0 saturated carbocycles. The number of hydrogen-bond donors (Lipinski definition) is 0. The van der Waals surface area contributed by atoms with Gasteiger partial charge in [0.2, 0.25) is 0 Å². The summed E-state index contributed by atoms with van der Waals surface area (Å²) in [6, 6.07) is 7.02. The Morgan fingerprint density at radius 3 is 2.61 bits per heavy atom. The summed E-state index contributed by atoms with van der Waals surface area (Å²) in [4.78, 5) is 11.7. The molecule has 0 heterocycles. The Labute approximate surface area is 107 Å². The second-order valence-corrected chi connectivity index (χ2v) is 4.37. The van der Waals surface area contributed by atoms with Crippen molar-refractivity contribution in [2.24, 2.45) is 0 Å². The number of esters is 1. The number of carbonyl (C=O) groups excluding carboxylic acids is 1. The van der Waals surface area contributed by atoms with Gasteiger partial charge in [-0.25, -0.2) is 9.18 Å². The van der Waals surface area contributed by atoms with Crippen molar-refractivity contribution in [2.45, 2.75) is 39.5 Å². The number of hydrogen-bond acceptors (Lipinski definition) is 2. The van der Waals surface area contributed by atoms with Crippen molar-refractivity contribution in [1.82, 2.24) is 0 Å². The Kier molecular flexibility index (Phi) is 5.08. The van der Waals surface area contributed by atoms with Gasteiger partial charge in [0.15, 0.2) is 6.17 Å². The Bertz CT molecular complexity index is 440. The van der Waals surface area contributed by atoms with Gasteiger partial charge in [-0.3, -0.25) is 0 Å². The van der Waals surface area contributed by atoms with Crippen molar-refractivity contribution in [3.63, 3.8) is 0 Å². The lowest BCUT2D eigenvalue weighted by atomic mass is 9.99. The van der Waals surface area contributed by atoms with E-state index >= 15 is 0 Å². The van der Waals surface area contributed by atoms with Crippen molar-refractivity contribution >= 4 is 5.97 Å². The fourth-order valence-corrected chi connectivity index (χ4v) is 1.50. The van der Waals surface area contributed by atoms with Crippen LogP contribution in [0, 0.1) is 6.92 Å². The highest BCUT2D eigenvalue weighted by molar-refractivity contribution is 5.89. The van der Waals surface area contributed by atoms with Gasteiger partial charge in [0, 0.05) is 0 Å². The summed E-state index contributed by atoms with van der Waals surface area (Å²) in [5.41, 5.74) is 1.11. The van der Waals surface area contributed by atoms with Crippen LogP contribution in [-0.4, -0.2) is 12.1 Å². The highest BCUT2D eigenvalue weighted by Gasteiger charge is 2.23. The van der Waals surface area contributed by atoms with E-state index in [0.29, 0.717) is 12.0 Å². The number of ether oxygens (including phenoxy) is 1. The molecule has 0 spiro atoms. The lowest BCUT2D eigenvalue weighted by Gasteiger charge is -2.16. The fourth-order valence-electron chi connectivity index (χ4n) is 1.50. The van der Waals surface area contributed by atoms with E-state index in [4.69, 9.17) is 4.74 Å². The van der Waals surface area contributed by atoms with E-state index in [2.05, 4.69) is 6.58 Å². The largest absolute Gasteiger partial charge is 0.459 e. The number of benzene rings is 1. The number of aryl methyl sites for hydroxylation is 1. The summed E-state index contributed by atoms with van der Waals surface area (Å²) in [6.45, 7) is 8.98. The molecule has 98 valence electrons. The van der Waals surface area contributed by atoms with Gasteiger partial charge in [-0.2, -0.15) is 0 Å². The van der Waals surface area contributed by atoms with E-state index in [0.717, 1.165) is 5.56 Å². The van der Waals surface area contributed by atoms with Crippen molar-refractivity contribution < 1.29 is 13.9 Å². The average molecular weight is 250 g/mol. The van der Waals surface area contributed by atoms with E-state index in [-0.39, 0.29) is 11.7 Å². The Hall–Kier alpha value is -1.64. The molecule has 0 aliphatic rings. The molecule has 2 atom stereocenters. The molecule has 2 nitrogen and oxygen atoms in total. The standard InChI is InChI=1S/C15H19FO2/c1-5-11(3)18-15(17)12(4)14(16)13-9-7-6-8-10(13)2/h6-9,11,14H,4-5H2,1-3H3. The second kappa shape index (κ2) is 6.34. The van der Waals surface area contributed by atoms with E-state index in [9.17, 15) is 9.18 Å². The highest BCUT2D eigenvalue weighted by Crippen LogP contribution is 2.28. The zero-order chi connectivity index (χ0) is 13.7. The van der Waals surface area contributed by atoms with Crippen LogP contribution >= 0.6 is 0 Å². The molecule has 2 unspecified atom stereocenters. The van der Waals surface area contributed by atoms with Gasteiger partial charge in [-0.05, 0) is 31.4 Å². The molecule has 0 N–H and O–H groups in total. The molecule has 0 saturated heterocycles. The Morgan fingerprint density at radius 1 is 1.44 bits per heavy atom. The maximum absolute atomic E-state index is 14.2. The minimum atomic E-state index is -1.51. The number of halogens is 1. The van der Waals surface area contributed by atoms with Crippen LogP contribution in [0.1, 0.15) is 37.6 Å². The topological polar surface area (TPSA) is 26.3 Å². The maximum Gasteiger partial charge on any atom is 0.336 e. The van der Waals surface area contributed by atoms with E-state index in [1.54, 1.807) is 32.0 Å². The van der Waals surface area contributed by atoms with Gasteiger partial charge in [-0.1, -0.05) is 37.8 Å². The number of carbonyl (C=O) groups is 1. The predicted octanol–water partition coefficient (Wildman–Crippen LogP) is 3.90. The molecular weight excluding hydrogens is 231 g/mol. The molecule has 3 heteroatoms. The normalized spacial score (nSPS) is 13.8. The van der Waals surface area contributed by atoms with Gasteiger partial charge >= 0.3 is 5.97 Å². The van der Waals surface area contributed by atoms with Gasteiger partial charge in [0.1, 0.15) is 0 Å². The third kappa shape index (κ3) is 3.42. The van der Waals surface area contributed by atoms with E-state index < -0.39 is 12.1 Å². The van der Waals surface area contributed by atoms with Gasteiger partial charge < -0.3 is 4.74 Å². The summed E-state index contributed by atoms with van der Waals surface area (Å²) >= 11 is 0. The molecule has 0 bridgehead atoms. The lowest BCUT2D eigenvalue weighted by Crippen LogP contribution is -2.18. The summed E-state index contributed by atoms with van der Waals surface area (Å²) in [5, 5.41) is 0. The Balaban J connectivity index is 2.79. The summed E-state index contributed by atoms with van der Waals surface area (Å²) in [5.74, 6) is -0.667. The zero-order valence-corrected chi connectivity index (χ0v) is 11.1. The monoisotopic (exact) mass is 250 g/mol. The molecule has 0 fully saturated rings. The van der Waals surface area contributed by atoms with Crippen LogP contribution in [0.4, 0.5) is 4.39 Å². The van der Waals surface area contributed by atoms with Crippen molar-refractivity contribution in [2.75, 3.05) is 0 Å². The summed E-state index contributed by atoms with van der Waals surface area (Å²) in [6.07, 6.45) is -1.04. The Morgan fingerprint density at radius 2 is 2.06 bits per heavy atom. The first kappa shape index (κ1) is 14.4. The molecule has 1 aromatic rings. The minimum Gasteiger partial charge on any atom is -0.459 e. The summed E-state index contributed by atoms with van der Waals surface area (Å²) < 4.78 is 19.3. The molecule has 0 amide bonds. The SMILES string of the molecule is C=C(C(=O)OC(C)CC)C(F)c1ccccc1C. The number of rotatable bonds is 5. The minimum absolute atomic E-state index is 0.149. The first-order valence-corrected chi connectivity index (χ1v) is 6.06. The molecule has 18 heavy (non-hydrogen) atoms. The quantitative estimate of drug-likeness (QED) is 0.585. The van der Waals surface area contributed by atoms with E-state index in [1.165, 1.54) is 0 Å². The lowest BCUT2D eigenvalue weighted by molar-refractivity contribution is -0.144. The van der Waals surface area contributed by atoms with Crippen molar-refractivity contribution in [1.29, 1.82) is 0 Å². The van der Waals surface area contributed by atoms with Crippen LogP contribution in [-0.2, 0) is 9.53 Å². The maximum atomic E-state index is 14.2. The predicted molar refractivity (Wildman–Crippen MR) is 70.0 cm³/mol. The number of alkyl halides is 1. The van der Waals surface area contributed by atoms with Crippen LogP contribution in [0.3, 0.4) is 0 Å². The van der Waals surface area contributed by atoms with Crippen LogP contribution in [0.15, 0.2) is 36.4 Å². The van der Waals surface area contributed by atoms with E-state index in [1.807, 2.05) is 13.0 Å². The molecule has 0 aliphatic carbocycles. The van der Waals surface area contributed by atoms with Gasteiger partial charge in [-0.15, -0.1) is 0 Å². The summed E-state index contributed by atoms with van der Waals surface area (Å²) in [7, 11) is 0. The highest BCUT2D eigenvalue weighted by atomic mass is 19.1. The first-order chi connectivity index (χ1) is 8.47. The average Bonchev–Trinajstić information content (AvgIpc) is 2.37. The molecular formula is C15H19FO2. The van der Waals surface area contributed by atoms with Crippen LogP contribution in [0.25, 0.3) is 0 Å². The van der Waals surface area contributed by atoms with Gasteiger partial charge in [0.25, 0.3) is 0 Å². The third-order valence-electron chi connectivity index (χ3n) is 2.91. The van der Waals surface area contributed by atoms with Crippen LogP contribution < -0.4 is 0 Å². The molecule has 0 aliphatic heterocycles. The molecule has 0 radical (unpaired) electrons. The van der Waals surface area contributed by atoms with Crippen molar-refractivity contribution in [3.05, 3.63) is 47.5 Å².